The predicted molar refractivity (Wildman–Crippen MR) is 137 cm³/mol. The highest BCUT2D eigenvalue weighted by molar-refractivity contribution is 9.10. The summed E-state index contributed by atoms with van der Waals surface area (Å²) >= 11 is 10.2. The molecular weight excluding hydrogens is 522 g/mol. The number of carbonyl (C=O) groups is 1. The number of benzene rings is 2. The van der Waals surface area contributed by atoms with Crippen molar-refractivity contribution in [1.82, 2.24) is 20.2 Å². The molecular formula is C23H27BrClN5O2Si. The Morgan fingerprint density at radius 1 is 1.27 bits per heavy atom. The van der Waals surface area contributed by atoms with Gasteiger partial charge in [0, 0.05) is 36.2 Å². The number of tetrazole rings is 1. The molecule has 0 bridgehead atoms. The Balaban J connectivity index is 1.62. The number of amides is 1. The predicted octanol–water partition coefficient (Wildman–Crippen LogP) is 6.08. The van der Waals surface area contributed by atoms with E-state index in [9.17, 15) is 4.79 Å². The second kappa shape index (κ2) is 10.0. The van der Waals surface area contributed by atoms with E-state index in [4.69, 9.17) is 16.3 Å². The highest BCUT2D eigenvalue weighted by Gasteiger charge is 2.30. The standard InChI is InChI=1S/C23H27BrClN5O2Si/c1-33(2,3)12-11-32-14-30-22(27-28-29-30)17-13-16(9-10-18(17)24)21-19(25)5-4-6-20(21)26-23(31)15-7-8-15/h4-6,9-10,13,15H,7-8,11-12,14H2,1-3H3,(H,26,31). The zero-order chi connectivity index (χ0) is 23.6. The van der Waals surface area contributed by atoms with Crippen LogP contribution in [-0.4, -0.2) is 40.8 Å². The lowest BCUT2D eigenvalue weighted by atomic mass is 10.0. The van der Waals surface area contributed by atoms with Gasteiger partial charge in [-0.15, -0.1) is 5.10 Å². The molecule has 1 N–H and O–H groups in total. The van der Waals surface area contributed by atoms with E-state index in [0.717, 1.165) is 40.0 Å². The largest absolute Gasteiger partial charge is 0.359 e. The Labute approximate surface area is 208 Å². The molecule has 3 aromatic rings. The summed E-state index contributed by atoms with van der Waals surface area (Å²) in [4.78, 5) is 12.4. The molecule has 2 aromatic carbocycles. The molecule has 1 fully saturated rings. The summed E-state index contributed by atoms with van der Waals surface area (Å²) in [5, 5.41) is 15.8. The van der Waals surface area contributed by atoms with E-state index in [0.29, 0.717) is 23.1 Å². The molecule has 1 heterocycles. The number of anilines is 1. The number of nitrogens with zero attached hydrogens (tertiary/aromatic N) is 4. The van der Waals surface area contributed by atoms with Crippen LogP contribution in [0.15, 0.2) is 40.9 Å². The zero-order valence-corrected chi connectivity index (χ0v) is 22.3. The first-order valence-electron chi connectivity index (χ1n) is 11.0. The Hall–Kier alpha value is -2.07. The molecule has 0 aliphatic heterocycles. The summed E-state index contributed by atoms with van der Waals surface area (Å²) < 4.78 is 8.35. The lowest BCUT2D eigenvalue weighted by molar-refractivity contribution is -0.117. The molecule has 174 valence electrons. The SMILES string of the molecule is C[Si](C)(C)CCOCn1nnnc1-c1cc(-c2c(Cl)cccc2NC(=O)C2CC2)ccc1Br. The fraction of sp³-hybridized carbons (Fsp3) is 0.391. The van der Waals surface area contributed by atoms with E-state index in [1.54, 1.807) is 4.68 Å². The van der Waals surface area contributed by atoms with Crippen LogP contribution in [0.4, 0.5) is 5.69 Å². The van der Waals surface area contributed by atoms with Gasteiger partial charge in [-0.25, -0.2) is 0 Å². The quantitative estimate of drug-likeness (QED) is 0.259. The summed E-state index contributed by atoms with van der Waals surface area (Å²) in [5.41, 5.74) is 3.14. The third kappa shape index (κ3) is 6.09. The molecule has 4 rings (SSSR count). The first-order valence-corrected chi connectivity index (χ1v) is 15.8. The number of hydrogen-bond donors (Lipinski definition) is 1. The molecule has 1 aliphatic carbocycles. The topological polar surface area (TPSA) is 81.9 Å². The van der Waals surface area contributed by atoms with Crippen LogP contribution in [0, 0.1) is 5.92 Å². The van der Waals surface area contributed by atoms with Crippen molar-refractivity contribution in [2.24, 2.45) is 5.92 Å². The van der Waals surface area contributed by atoms with Crippen LogP contribution in [0.3, 0.4) is 0 Å². The number of hydrogen-bond acceptors (Lipinski definition) is 5. The van der Waals surface area contributed by atoms with Gasteiger partial charge in [-0.1, -0.05) is 59.3 Å². The maximum absolute atomic E-state index is 12.4. The summed E-state index contributed by atoms with van der Waals surface area (Å²) in [6.45, 7) is 7.91. The second-order valence-electron chi connectivity index (χ2n) is 9.47. The summed E-state index contributed by atoms with van der Waals surface area (Å²) in [6, 6.07) is 12.5. The van der Waals surface area contributed by atoms with E-state index in [1.807, 2.05) is 36.4 Å². The van der Waals surface area contributed by atoms with Crippen molar-refractivity contribution in [3.8, 4) is 22.5 Å². The third-order valence-corrected chi connectivity index (χ3v) is 8.17. The number of nitrogens with one attached hydrogen (secondary N) is 1. The fourth-order valence-electron chi connectivity index (χ4n) is 3.37. The van der Waals surface area contributed by atoms with Crippen LogP contribution in [-0.2, 0) is 16.3 Å². The number of aromatic nitrogens is 4. The van der Waals surface area contributed by atoms with Gasteiger partial charge in [-0.05, 0) is 59.1 Å². The Morgan fingerprint density at radius 2 is 2.06 bits per heavy atom. The summed E-state index contributed by atoms with van der Waals surface area (Å²) in [7, 11) is -1.17. The van der Waals surface area contributed by atoms with E-state index in [-0.39, 0.29) is 18.6 Å². The van der Waals surface area contributed by atoms with Crippen LogP contribution in [0.1, 0.15) is 12.8 Å². The summed E-state index contributed by atoms with van der Waals surface area (Å²) in [5.74, 6) is 0.727. The maximum atomic E-state index is 12.4. The minimum Gasteiger partial charge on any atom is -0.359 e. The smallest absolute Gasteiger partial charge is 0.227 e. The number of rotatable bonds is 9. The van der Waals surface area contributed by atoms with Gasteiger partial charge in [0.2, 0.25) is 5.91 Å². The molecule has 1 aromatic heterocycles. The molecule has 0 atom stereocenters. The molecule has 1 aliphatic rings. The van der Waals surface area contributed by atoms with Gasteiger partial charge in [0.15, 0.2) is 5.82 Å². The molecule has 1 saturated carbocycles. The van der Waals surface area contributed by atoms with Gasteiger partial charge < -0.3 is 10.1 Å². The van der Waals surface area contributed by atoms with Crippen molar-refractivity contribution in [1.29, 1.82) is 0 Å². The highest BCUT2D eigenvalue weighted by atomic mass is 79.9. The minimum absolute atomic E-state index is 0.0373. The van der Waals surface area contributed by atoms with E-state index >= 15 is 0 Å². The van der Waals surface area contributed by atoms with Crippen molar-refractivity contribution < 1.29 is 9.53 Å². The van der Waals surface area contributed by atoms with Gasteiger partial charge in [0.05, 0.1) is 10.7 Å². The van der Waals surface area contributed by atoms with E-state index in [2.05, 4.69) is 56.4 Å². The first-order chi connectivity index (χ1) is 15.7. The molecule has 10 heteroatoms. The van der Waals surface area contributed by atoms with Gasteiger partial charge in [-0.3, -0.25) is 4.79 Å². The zero-order valence-electron chi connectivity index (χ0n) is 18.9. The monoisotopic (exact) mass is 547 g/mol. The minimum atomic E-state index is -1.17. The Kier molecular flexibility index (Phi) is 7.33. The van der Waals surface area contributed by atoms with Gasteiger partial charge in [-0.2, -0.15) is 4.68 Å². The van der Waals surface area contributed by atoms with Crippen LogP contribution >= 0.6 is 27.5 Å². The molecule has 0 spiro atoms. The Bertz CT molecular complexity index is 1160. The van der Waals surface area contributed by atoms with Crippen molar-refractivity contribution in [3.05, 3.63) is 45.9 Å². The van der Waals surface area contributed by atoms with Crippen LogP contribution < -0.4 is 5.32 Å². The van der Waals surface area contributed by atoms with E-state index in [1.165, 1.54) is 0 Å². The van der Waals surface area contributed by atoms with Gasteiger partial charge >= 0.3 is 0 Å². The van der Waals surface area contributed by atoms with Crippen molar-refractivity contribution >= 4 is 47.2 Å². The first kappa shape index (κ1) is 24.1. The third-order valence-electron chi connectivity index (χ3n) is 5.46. The number of halogens is 2. The van der Waals surface area contributed by atoms with Gasteiger partial charge in [0.25, 0.3) is 0 Å². The van der Waals surface area contributed by atoms with Gasteiger partial charge in [0.1, 0.15) is 6.73 Å². The Morgan fingerprint density at radius 3 is 2.79 bits per heavy atom. The van der Waals surface area contributed by atoms with Crippen LogP contribution in [0.5, 0.6) is 0 Å². The lowest BCUT2D eigenvalue weighted by Gasteiger charge is -2.16. The molecule has 1 amide bonds. The normalized spacial score (nSPS) is 13.8. The average Bonchev–Trinajstić information content (AvgIpc) is 3.50. The van der Waals surface area contributed by atoms with Crippen molar-refractivity contribution in [3.63, 3.8) is 0 Å². The molecule has 33 heavy (non-hydrogen) atoms. The molecule has 0 saturated heterocycles. The van der Waals surface area contributed by atoms with Crippen molar-refractivity contribution in [2.75, 3.05) is 11.9 Å². The number of ether oxygens (including phenoxy) is 1. The average molecular weight is 549 g/mol. The second-order valence-corrected chi connectivity index (χ2v) is 16.4. The lowest BCUT2D eigenvalue weighted by Crippen LogP contribution is -2.22. The number of carbonyl (C=O) groups excluding carboxylic acids is 1. The maximum Gasteiger partial charge on any atom is 0.227 e. The van der Waals surface area contributed by atoms with Crippen molar-refractivity contribution in [2.45, 2.75) is 45.3 Å². The molecule has 7 nitrogen and oxygen atoms in total. The highest BCUT2D eigenvalue weighted by Crippen LogP contribution is 2.39. The summed E-state index contributed by atoms with van der Waals surface area (Å²) in [6.07, 6.45) is 1.87. The van der Waals surface area contributed by atoms with Crippen LogP contribution in [0.2, 0.25) is 30.7 Å². The molecule has 0 unspecified atom stereocenters. The van der Waals surface area contributed by atoms with E-state index < -0.39 is 8.07 Å². The fourth-order valence-corrected chi connectivity index (χ4v) is 4.83. The van der Waals surface area contributed by atoms with Crippen LogP contribution in [0.25, 0.3) is 22.5 Å². The molecule has 0 radical (unpaired) electrons.